The Hall–Kier alpha value is -8.74. The molecule has 0 amide bonds. The van der Waals surface area contributed by atoms with Crippen molar-refractivity contribution in [2.75, 3.05) is 67.0 Å². The molecule has 3 N–H and O–H groups in total. The molecule has 1 aliphatic carbocycles. The summed E-state index contributed by atoms with van der Waals surface area (Å²) in [6, 6.07) is 46.8. The van der Waals surface area contributed by atoms with Gasteiger partial charge in [-0.3, -0.25) is 49.0 Å². The van der Waals surface area contributed by atoms with Crippen LogP contribution in [0.5, 0.6) is 0 Å². The van der Waals surface area contributed by atoms with Gasteiger partial charge in [-0.15, -0.1) is 0 Å². The molecule has 0 saturated heterocycles. The summed E-state index contributed by atoms with van der Waals surface area (Å²) < 4.78 is 117. The number of carbonyl (C=O) groups is 8. The zero-order chi connectivity index (χ0) is 92.3. The standard InChI is InChI=1S/C17H15BrFNO2.C17H13BrFNO2.C10H9NO4.C10H11NO2.C7H4BrFO.C7H11ClO.C7H5NO3.C5H11O5P.BH4.2ClH.Na.Sn/c2*1-22-17(21)8-5-12-3-2-4-15(9-12)20-11-13-6-7-14(18)10-16(13)19;1-15-10(12)6-5-8-3-2-4-9(7-8)11(13)14;1-13-10(12)6-5-8-3-2-4-9(11)7-8;8-6-2-1-5(4-10)7(9)3-6;8-7(9)6-4-2-1-3-5-6;9-5-6-2-1-3-7(4-6)8(10)11;1-8-5(6)4-11(7,9-2)10-3;;;;;/h2-10,20H,11H2,1H3;2-11H,1H3;2-7H,1H3;2-7H,11H2,1H3;1-4H;6H,1-5H2;1-5H;4H2,1-3H3;1H4;2*1H;;/q;;;;;;;;-1;;;+1;+2/p-2/b8-5+;8-5+,20-11?;2*6-5+;;;;;;;;;/i11D;;;;;;;;1D4;;;;. The Morgan fingerprint density at radius 2 is 0.975 bits per heavy atom. The number of non-ortho nitro benzene ring substituents is 2. The molecular formula is C80H83BBr3Cl3F3N5NaO20PSn. The van der Waals surface area contributed by atoms with Crippen molar-refractivity contribution >= 4 is 219 Å². The van der Waals surface area contributed by atoms with Crippen LogP contribution in [-0.4, -0.2) is 152 Å². The number of aldehydes is 2. The number of benzene rings is 8. The van der Waals surface area contributed by atoms with Gasteiger partial charge in [0.25, 0.3) is 11.4 Å². The molecule has 1 fully saturated rings. The number of rotatable bonds is 22. The summed E-state index contributed by atoms with van der Waals surface area (Å²) >= 11 is 14.0. The molecule has 38 heteroatoms. The Morgan fingerprint density at radius 1 is 0.576 bits per heavy atom. The third-order valence-electron chi connectivity index (χ3n) is 14.2. The first-order valence-corrected chi connectivity index (χ1v) is 44.9. The number of ether oxygens (including phenoxy) is 5. The van der Waals surface area contributed by atoms with Crippen molar-refractivity contribution in [1.29, 1.82) is 5.34 Å². The molecule has 25 nitrogen and oxygen atoms in total. The van der Waals surface area contributed by atoms with Crippen molar-refractivity contribution in [3.63, 3.8) is 0 Å². The van der Waals surface area contributed by atoms with E-state index >= 15 is 0 Å². The van der Waals surface area contributed by atoms with E-state index in [4.69, 9.17) is 41.9 Å². The van der Waals surface area contributed by atoms with Gasteiger partial charge >= 0.3 is 104 Å². The van der Waals surface area contributed by atoms with Gasteiger partial charge in [0.05, 0.1) is 58.0 Å². The zero-order valence-electron chi connectivity index (χ0n) is 69.5. The Morgan fingerprint density at radius 3 is 1.37 bits per heavy atom. The van der Waals surface area contributed by atoms with E-state index in [2.05, 4.69) is 90.8 Å². The molecule has 0 heterocycles. The quantitative estimate of drug-likeness (QED) is 0.00544. The van der Waals surface area contributed by atoms with Gasteiger partial charge < -0.3 is 43.8 Å². The second-order valence-electron chi connectivity index (χ2n) is 22.2. The van der Waals surface area contributed by atoms with E-state index < -0.39 is 86.6 Å². The minimum atomic E-state index is -3.23. The average molecular weight is 2030 g/mol. The maximum absolute atomic E-state index is 13.9. The van der Waals surface area contributed by atoms with E-state index in [0.717, 1.165) is 29.5 Å². The maximum atomic E-state index is 13.9. The second kappa shape index (κ2) is 65.2. The summed E-state index contributed by atoms with van der Waals surface area (Å²) in [5.74, 6) is -3.47. The van der Waals surface area contributed by atoms with Crippen LogP contribution >= 0.6 is 84.8 Å². The molecular weight excluding hydrogens is 1940 g/mol. The van der Waals surface area contributed by atoms with Crippen molar-refractivity contribution in [3.8, 4) is 0 Å². The number of carbonyl (C=O) groups excluding carboxylic acids is 8. The van der Waals surface area contributed by atoms with Gasteiger partial charge in [-0.05, 0) is 156 Å². The van der Waals surface area contributed by atoms with Gasteiger partial charge in [0, 0.05) is 123 Å². The topological polar surface area (TPSA) is 355 Å². The van der Waals surface area contributed by atoms with Crippen molar-refractivity contribution in [1.82, 2.24) is 0 Å². The zero-order valence-corrected chi connectivity index (χ0v) is 77.3. The first-order chi connectivity index (χ1) is 57.7. The number of nitro groups is 2. The molecule has 624 valence electrons. The van der Waals surface area contributed by atoms with Crippen LogP contribution in [0.25, 0.3) is 24.3 Å². The van der Waals surface area contributed by atoms with Crippen LogP contribution in [0.3, 0.4) is 0 Å². The van der Waals surface area contributed by atoms with E-state index in [1.54, 1.807) is 103 Å². The smallest absolute Gasteiger partial charge is 1.00 e. The Kier molecular flexibility index (Phi) is 56.1. The molecule has 8 aromatic rings. The molecule has 2 radical (unpaired) electrons. The van der Waals surface area contributed by atoms with Crippen molar-refractivity contribution in [2.45, 2.75) is 38.6 Å². The second-order valence-corrected chi connectivity index (χ2v) is 31.9. The third-order valence-corrected chi connectivity index (χ3v) is 17.8. The maximum Gasteiger partial charge on any atom is 1.00 e. The molecule has 0 aromatic heterocycles. The molecule has 0 spiro atoms. The molecule has 9 rings (SSSR count). The summed E-state index contributed by atoms with van der Waals surface area (Å²) in [7, 11) is 12.5. The van der Waals surface area contributed by atoms with Crippen molar-refractivity contribution in [2.24, 2.45) is 10.9 Å². The van der Waals surface area contributed by atoms with Gasteiger partial charge in [0.1, 0.15) is 29.9 Å². The number of hydrogen-bond donors (Lipinski definition) is 2. The summed E-state index contributed by atoms with van der Waals surface area (Å²) in [6.45, 7) is -0.942. The van der Waals surface area contributed by atoms with Crippen LogP contribution in [0.2, 0.25) is 0 Å². The number of nitrogens with two attached hydrogens (primary N) is 1. The van der Waals surface area contributed by atoms with E-state index in [1.807, 2.05) is 30.3 Å². The number of nitro benzene ring substituents is 2. The van der Waals surface area contributed by atoms with Gasteiger partial charge in [-0.1, -0.05) is 142 Å². The molecule has 0 bridgehead atoms. The fourth-order valence-corrected chi connectivity index (χ4v) is 10.4. The van der Waals surface area contributed by atoms with Crippen LogP contribution in [0.1, 0.15) is 87.6 Å². The minimum Gasteiger partial charge on any atom is 1.00 e. The Bertz CT molecular complexity index is 4920. The monoisotopic (exact) mass is 2020 g/mol. The summed E-state index contributed by atoms with van der Waals surface area (Å²) in [5, 5.41) is 23.4. The molecule has 0 aliphatic heterocycles. The number of halogens is 9. The fourth-order valence-electron chi connectivity index (χ4n) is 8.37. The van der Waals surface area contributed by atoms with E-state index in [-0.39, 0.29) is 81.2 Å². The van der Waals surface area contributed by atoms with E-state index in [9.17, 15) is 76.3 Å². The minimum absolute atomic E-state index is 0. The van der Waals surface area contributed by atoms with Crippen LogP contribution < -0.4 is 40.6 Å². The fraction of sp³-hybridized carbons (Fsp3) is 0.188. The molecule has 1 unspecified atom stereocenters. The van der Waals surface area contributed by atoms with E-state index in [1.165, 1.54) is 166 Å². The average Bonchev–Trinajstić information content (AvgIpc) is 0.844. The number of nitrogens with zero attached hydrogens (tertiary/aromatic N) is 3. The summed E-state index contributed by atoms with van der Waals surface area (Å²) in [4.78, 5) is 109. The largest absolute Gasteiger partial charge is 1.00 e. The number of esters is 5. The van der Waals surface area contributed by atoms with Crippen molar-refractivity contribution < 1.29 is 130 Å². The predicted molar refractivity (Wildman–Crippen MR) is 467 cm³/mol. The Labute approximate surface area is 759 Å². The molecule has 1 aliphatic rings. The Balaban J connectivity index is 0. The van der Waals surface area contributed by atoms with Crippen LogP contribution in [0.4, 0.5) is 41.6 Å². The number of hydrogen-bond acceptors (Lipinski definition) is 23. The first-order valence-electron chi connectivity index (χ1n) is 36.1. The van der Waals surface area contributed by atoms with Crippen LogP contribution in [0.15, 0.2) is 219 Å². The summed E-state index contributed by atoms with van der Waals surface area (Å²) in [5.41, 5.74) is 11.5. The van der Waals surface area contributed by atoms with Gasteiger partial charge in [0.15, 0.2) is 6.29 Å². The van der Waals surface area contributed by atoms with Gasteiger partial charge in [-0.25, -0.2) is 37.7 Å². The third kappa shape index (κ3) is 50.2. The molecule has 1 saturated carbocycles. The first kappa shape index (κ1) is 102. The van der Waals surface area contributed by atoms with Crippen molar-refractivity contribution in [3.05, 3.63) is 296 Å². The van der Waals surface area contributed by atoms with Crippen LogP contribution in [0, 0.1) is 43.6 Å². The molecule has 8 aromatic carbocycles. The number of anilines is 2. The normalized spacial score (nSPS) is 11.9. The van der Waals surface area contributed by atoms with Gasteiger partial charge in [-0.2, -0.15) is 0 Å². The number of nitrogens with one attached hydrogen (secondary N) is 1. The van der Waals surface area contributed by atoms with Gasteiger partial charge in [0.2, 0.25) is 5.24 Å². The molecule has 118 heavy (non-hydrogen) atoms. The predicted octanol–water partition coefficient (Wildman–Crippen LogP) is 15.5. The summed E-state index contributed by atoms with van der Waals surface area (Å²) in [6.07, 6.45) is 19.4. The number of nitrogen functional groups attached to an aromatic ring is 1. The number of aliphatic imine (C=N–C) groups is 1. The SMILES string of the molecule is COC(=O)/C=C/c1cccc(N)c1.COC(=O)/C=C/c1cccc(N=Cc2ccc(Br)cc2F)c1.COC(=O)/C=C/c1cccc([N+](=O)[O-])c1.COC(=O)CP(=O)(OC)OC.O=C(Cl)C1CCCCC1.O=Cc1ccc(Br)cc1F.O=Cc1cccc([N+](=O)[O-])c1.[2H]C(Nc1cccc(/C=C/C(=O)OC)c1)c1ccc(Br)cc1F.[2H][B-]([2H])([2H])[2H].[Cl][Sn][Cl].[Na+]. The molecule has 1 atom stereocenters. The van der Waals surface area contributed by atoms with Crippen LogP contribution in [-0.2, 0) is 72.6 Å². The van der Waals surface area contributed by atoms with E-state index in [0.29, 0.717) is 59.7 Å². The number of methoxy groups -OCH3 is 5.